The number of nitrogens with zero attached hydrogens (tertiary/aromatic N) is 6. The van der Waals surface area contributed by atoms with E-state index in [-0.39, 0.29) is 52.6 Å². The van der Waals surface area contributed by atoms with E-state index in [1.54, 1.807) is 42.7 Å². The van der Waals surface area contributed by atoms with Crippen molar-refractivity contribution in [2.24, 2.45) is 0 Å². The minimum atomic E-state index is -0.462. The van der Waals surface area contributed by atoms with Crippen LogP contribution in [0.3, 0.4) is 0 Å². The largest absolute Gasteiger partial charge is 0.481 e. The molecular weight excluding hydrogens is 508 g/mol. The molecule has 3 heterocycles. The number of benzene rings is 1. The molecule has 0 bridgehead atoms. The van der Waals surface area contributed by atoms with E-state index in [1.807, 2.05) is 19.0 Å². The summed E-state index contributed by atoms with van der Waals surface area (Å²) in [6.45, 7) is 0. The summed E-state index contributed by atoms with van der Waals surface area (Å²) < 4.78 is 34.2. The Balaban J connectivity index is 1.82. The third-order valence-corrected chi connectivity index (χ3v) is 5.32. The van der Waals surface area contributed by atoms with E-state index in [0.29, 0.717) is 0 Å². The highest BCUT2D eigenvalue weighted by Crippen LogP contribution is 2.35. The lowest BCUT2D eigenvalue weighted by molar-refractivity contribution is -0.570. The van der Waals surface area contributed by atoms with Gasteiger partial charge in [-0.05, 0) is 12.1 Å². The van der Waals surface area contributed by atoms with Crippen LogP contribution in [0.1, 0.15) is 10.4 Å². The summed E-state index contributed by atoms with van der Waals surface area (Å²) in [6, 6.07) is 11.2. The third-order valence-electron chi connectivity index (χ3n) is 5.32. The van der Waals surface area contributed by atoms with E-state index >= 15 is 0 Å². The standard InChI is InChI=1S/C26H27N6O7/c1-31(2)16-10-12-32(13-11-16)24(33)23-17(38-25-27-19(34-3)14-20(28-25)35-4)8-7-9-18(23)39-26-29-21(36-5)15-22(30-26)37-6/h7-15H,1-6H3/q+1. The van der Waals surface area contributed by atoms with Gasteiger partial charge in [-0.3, -0.25) is 0 Å². The Kier molecular flexibility index (Phi) is 8.19. The first-order chi connectivity index (χ1) is 18.8. The van der Waals surface area contributed by atoms with Crippen LogP contribution in [0.2, 0.25) is 0 Å². The van der Waals surface area contributed by atoms with Crippen LogP contribution in [0, 0.1) is 0 Å². The van der Waals surface area contributed by atoms with Gasteiger partial charge in [0.25, 0.3) is 0 Å². The van der Waals surface area contributed by atoms with Crippen LogP contribution in [-0.2, 0) is 0 Å². The number of aromatic nitrogens is 5. The highest BCUT2D eigenvalue weighted by molar-refractivity contribution is 5.94. The zero-order chi connectivity index (χ0) is 27.9. The maximum absolute atomic E-state index is 13.9. The number of ether oxygens (including phenoxy) is 6. The van der Waals surface area contributed by atoms with Crippen LogP contribution in [0.5, 0.6) is 47.0 Å². The molecule has 13 heteroatoms. The Morgan fingerprint density at radius 3 is 1.46 bits per heavy atom. The Hall–Kier alpha value is -5.20. The van der Waals surface area contributed by atoms with Gasteiger partial charge >= 0.3 is 17.9 Å². The number of rotatable bonds is 10. The molecule has 39 heavy (non-hydrogen) atoms. The fourth-order valence-electron chi connectivity index (χ4n) is 3.35. The van der Waals surface area contributed by atoms with Crippen LogP contribution >= 0.6 is 0 Å². The summed E-state index contributed by atoms with van der Waals surface area (Å²) >= 11 is 0. The maximum atomic E-state index is 13.9. The minimum absolute atomic E-state index is 0.0517. The van der Waals surface area contributed by atoms with Gasteiger partial charge < -0.3 is 33.3 Å². The SMILES string of the molecule is COc1cc(OC)nc(Oc2cccc(Oc3nc(OC)cc(OC)n3)c2C(=O)[n+]2ccc(N(C)C)cc2)n1. The van der Waals surface area contributed by atoms with Crippen molar-refractivity contribution in [2.75, 3.05) is 47.4 Å². The molecule has 0 atom stereocenters. The van der Waals surface area contributed by atoms with Crippen molar-refractivity contribution in [3.8, 4) is 47.0 Å². The zero-order valence-corrected chi connectivity index (χ0v) is 22.2. The number of hydrogen-bond donors (Lipinski definition) is 0. The molecule has 0 amide bonds. The van der Waals surface area contributed by atoms with Crippen molar-refractivity contribution in [1.29, 1.82) is 0 Å². The average molecular weight is 536 g/mol. The smallest absolute Gasteiger partial charge is 0.432 e. The van der Waals surface area contributed by atoms with Crippen LogP contribution in [0.15, 0.2) is 54.9 Å². The molecule has 202 valence electrons. The van der Waals surface area contributed by atoms with E-state index < -0.39 is 5.91 Å². The molecule has 0 spiro atoms. The summed E-state index contributed by atoms with van der Waals surface area (Å²) in [4.78, 5) is 32.6. The normalized spacial score (nSPS) is 10.4. The quantitative estimate of drug-likeness (QED) is 0.277. The van der Waals surface area contributed by atoms with Gasteiger partial charge in [0, 0.05) is 31.9 Å². The molecule has 0 aliphatic carbocycles. The maximum Gasteiger partial charge on any atom is 0.432 e. The third kappa shape index (κ3) is 6.21. The molecule has 1 aromatic carbocycles. The monoisotopic (exact) mass is 535 g/mol. The summed E-state index contributed by atoms with van der Waals surface area (Å²) in [5.41, 5.74) is 0.963. The van der Waals surface area contributed by atoms with Gasteiger partial charge in [0.1, 0.15) is 0 Å². The van der Waals surface area contributed by atoms with Crippen LogP contribution < -0.4 is 37.9 Å². The van der Waals surface area contributed by atoms with Gasteiger partial charge in [0.05, 0.1) is 40.6 Å². The van der Waals surface area contributed by atoms with Crippen molar-refractivity contribution in [1.82, 2.24) is 19.9 Å². The summed E-state index contributed by atoms with van der Waals surface area (Å²) in [7, 11) is 9.61. The molecule has 0 radical (unpaired) electrons. The topological polar surface area (TPSA) is 131 Å². The number of anilines is 1. The highest BCUT2D eigenvalue weighted by atomic mass is 16.5. The van der Waals surface area contributed by atoms with Crippen LogP contribution in [0.4, 0.5) is 5.69 Å². The van der Waals surface area contributed by atoms with E-state index in [9.17, 15) is 4.79 Å². The Bertz CT molecular complexity index is 1340. The average Bonchev–Trinajstić information content (AvgIpc) is 2.96. The summed E-state index contributed by atoms with van der Waals surface area (Å²) in [6.07, 6.45) is 3.27. The Morgan fingerprint density at radius 2 is 1.10 bits per heavy atom. The van der Waals surface area contributed by atoms with Gasteiger partial charge in [0.15, 0.2) is 29.5 Å². The molecule has 0 aliphatic rings. The van der Waals surface area contributed by atoms with Crippen LogP contribution in [-0.4, -0.2) is 68.4 Å². The van der Waals surface area contributed by atoms with E-state index in [4.69, 9.17) is 28.4 Å². The van der Waals surface area contributed by atoms with E-state index in [1.165, 1.54) is 45.1 Å². The second-order valence-corrected chi connectivity index (χ2v) is 7.97. The molecule has 3 aromatic heterocycles. The molecule has 0 unspecified atom stereocenters. The fourth-order valence-corrected chi connectivity index (χ4v) is 3.35. The molecule has 4 aromatic rings. The minimum Gasteiger partial charge on any atom is -0.481 e. The molecule has 0 saturated heterocycles. The number of hydrogen-bond acceptors (Lipinski definition) is 12. The highest BCUT2D eigenvalue weighted by Gasteiger charge is 2.29. The molecule has 4 rings (SSSR count). The Morgan fingerprint density at radius 1 is 0.692 bits per heavy atom. The lowest BCUT2D eigenvalue weighted by Gasteiger charge is -2.13. The van der Waals surface area contributed by atoms with Crippen molar-refractivity contribution in [2.45, 2.75) is 0 Å². The molecule has 0 saturated carbocycles. The lowest BCUT2D eigenvalue weighted by Crippen LogP contribution is -2.42. The van der Waals surface area contributed by atoms with Gasteiger partial charge in [-0.25, -0.2) is 4.79 Å². The van der Waals surface area contributed by atoms with Crippen molar-refractivity contribution >= 4 is 11.6 Å². The number of methoxy groups -OCH3 is 4. The van der Waals surface area contributed by atoms with Crippen molar-refractivity contribution < 1.29 is 37.8 Å². The number of carbonyl (C=O) groups is 1. The summed E-state index contributed by atoms with van der Waals surface area (Å²) in [5, 5.41) is 0. The first kappa shape index (κ1) is 26.9. The van der Waals surface area contributed by atoms with Crippen LogP contribution in [0.25, 0.3) is 0 Å². The molecule has 13 nitrogen and oxygen atoms in total. The fraction of sp³-hybridized carbons (Fsp3) is 0.231. The molecule has 0 N–H and O–H groups in total. The van der Waals surface area contributed by atoms with Gasteiger partial charge in [-0.15, -0.1) is 4.57 Å². The van der Waals surface area contributed by atoms with Crippen molar-refractivity contribution in [3.05, 3.63) is 60.4 Å². The predicted molar refractivity (Wildman–Crippen MR) is 138 cm³/mol. The Labute approximate surface area is 224 Å². The van der Waals surface area contributed by atoms with Gasteiger partial charge in [-0.1, -0.05) is 6.07 Å². The first-order valence-electron chi connectivity index (χ1n) is 11.5. The summed E-state index contributed by atoms with van der Waals surface area (Å²) in [5.74, 6) is 0.588. The van der Waals surface area contributed by atoms with E-state index in [2.05, 4.69) is 19.9 Å². The molecule has 0 aliphatic heterocycles. The van der Waals surface area contributed by atoms with E-state index in [0.717, 1.165) is 5.69 Å². The van der Waals surface area contributed by atoms with Crippen molar-refractivity contribution in [3.63, 3.8) is 0 Å². The molecular formula is C26H27N6O7+. The zero-order valence-electron chi connectivity index (χ0n) is 22.2. The number of pyridine rings is 1. The lowest BCUT2D eigenvalue weighted by atomic mass is 10.1. The predicted octanol–water partition coefficient (Wildman–Crippen LogP) is 2.93. The van der Waals surface area contributed by atoms with Gasteiger partial charge in [0.2, 0.25) is 23.5 Å². The first-order valence-corrected chi connectivity index (χ1v) is 11.5. The molecule has 0 fully saturated rings. The second-order valence-electron chi connectivity index (χ2n) is 7.97. The van der Waals surface area contributed by atoms with Gasteiger partial charge in [-0.2, -0.15) is 19.9 Å². The second kappa shape index (κ2) is 11.9. The number of carbonyl (C=O) groups excluding carboxylic acids is 1.